The summed E-state index contributed by atoms with van der Waals surface area (Å²) in [7, 11) is 3.58. The molecule has 1 amide bonds. The average molecular weight is 396 g/mol. The van der Waals surface area contributed by atoms with E-state index < -0.39 is 0 Å². The first-order valence-corrected chi connectivity index (χ1v) is 9.69. The zero-order valence-electron chi connectivity index (χ0n) is 17.3. The van der Waals surface area contributed by atoms with Gasteiger partial charge in [-0.3, -0.25) is 4.79 Å². The highest BCUT2D eigenvalue weighted by atomic mass is 16.5. The second kappa shape index (κ2) is 9.43. The second-order valence-corrected chi connectivity index (χ2v) is 7.44. The van der Waals surface area contributed by atoms with E-state index in [4.69, 9.17) is 9.15 Å². The van der Waals surface area contributed by atoms with Crippen LogP contribution in [0, 0.1) is 5.92 Å². The van der Waals surface area contributed by atoms with Gasteiger partial charge in [-0.15, -0.1) is 0 Å². The number of carbonyl (C=O) groups is 1. The van der Waals surface area contributed by atoms with Crippen LogP contribution in [0.15, 0.2) is 53.5 Å². The number of rotatable bonds is 9. The molecule has 0 aliphatic rings. The number of benzene rings is 1. The largest absolute Gasteiger partial charge is 0.496 e. The van der Waals surface area contributed by atoms with E-state index in [-0.39, 0.29) is 11.9 Å². The van der Waals surface area contributed by atoms with E-state index in [9.17, 15) is 4.79 Å². The minimum atomic E-state index is -0.301. The molecule has 0 saturated carbocycles. The molecule has 0 fully saturated rings. The zero-order chi connectivity index (χ0) is 20.8. The molecule has 0 unspecified atom stereocenters. The van der Waals surface area contributed by atoms with Crippen molar-refractivity contribution in [1.29, 1.82) is 0 Å². The molecule has 0 saturated heterocycles. The third-order valence-electron chi connectivity index (χ3n) is 4.77. The van der Waals surface area contributed by atoms with Crippen LogP contribution in [0.25, 0.3) is 11.3 Å². The van der Waals surface area contributed by atoms with Gasteiger partial charge >= 0.3 is 0 Å². The van der Waals surface area contributed by atoms with Crippen LogP contribution in [0.2, 0.25) is 0 Å². The highest BCUT2D eigenvalue weighted by molar-refractivity contribution is 5.95. The van der Waals surface area contributed by atoms with Crippen molar-refractivity contribution >= 4 is 11.6 Å². The highest BCUT2D eigenvalue weighted by Gasteiger charge is 2.20. The van der Waals surface area contributed by atoms with Crippen LogP contribution in [0.3, 0.4) is 0 Å². The fourth-order valence-corrected chi connectivity index (χ4v) is 3.21. The van der Waals surface area contributed by atoms with E-state index in [0.29, 0.717) is 29.7 Å². The molecule has 2 aromatic heterocycles. The van der Waals surface area contributed by atoms with Crippen molar-refractivity contribution in [2.24, 2.45) is 13.0 Å². The zero-order valence-corrected chi connectivity index (χ0v) is 17.3. The minimum absolute atomic E-state index is 0.0672. The summed E-state index contributed by atoms with van der Waals surface area (Å²) in [4.78, 5) is 16.9. The maximum absolute atomic E-state index is 13.0. The SMILES string of the molecule is COc1cc(NC(=O)[C@@H](CC(C)C)NCc2cccn2C)ccc1-c1cnco1. The molecule has 7 heteroatoms. The van der Waals surface area contributed by atoms with Gasteiger partial charge in [-0.2, -0.15) is 0 Å². The summed E-state index contributed by atoms with van der Waals surface area (Å²) in [5.74, 6) is 1.54. The number of nitrogens with one attached hydrogen (secondary N) is 2. The number of anilines is 1. The second-order valence-electron chi connectivity index (χ2n) is 7.44. The molecular weight excluding hydrogens is 368 g/mol. The summed E-state index contributed by atoms with van der Waals surface area (Å²) < 4.78 is 12.9. The molecule has 0 aliphatic carbocycles. The van der Waals surface area contributed by atoms with E-state index >= 15 is 0 Å². The molecule has 3 aromatic rings. The Morgan fingerprint density at radius 2 is 2.14 bits per heavy atom. The predicted molar refractivity (Wildman–Crippen MR) is 113 cm³/mol. The standard InChI is InChI=1S/C22H28N4O3/c1-15(2)10-19(24-12-17-6-5-9-26(17)3)22(27)25-16-7-8-18(20(11-16)28-4)21-13-23-14-29-21/h5-9,11,13-15,19,24H,10,12H2,1-4H3,(H,25,27)/t19-/m1/s1. The van der Waals surface area contributed by atoms with E-state index in [1.54, 1.807) is 19.4 Å². The lowest BCUT2D eigenvalue weighted by atomic mass is 10.0. The van der Waals surface area contributed by atoms with Crippen molar-refractivity contribution in [2.75, 3.05) is 12.4 Å². The van der Waals surface area contributed by atoms with Gasteiger partial charge in [0.15, 0.2) is 12.2 Å². The van der Waals surface area contributed by atoms with Gasteiger partial charge < -0.3 is 24.4 Å². The van der Waals surface area contributed by atoms with Gasteiger partial charge in [-0.05, 0) is 36.6 Å². The fourth-order valence-electron chi connectivity index (χ4n) is 3.21. The third-order valence-corrected chi connectivity index (χ3v) is 4.77. The van der Waals surface area contributed by atoms with E-state index in [1.165, 1.54) is 6.39 Å². The molecular formula is C22H28N4O3. The Morgan fingerprint density at radius 1 is 1.31 bits per heavy atom. The van der Waals surface area contributed by atoms with Crippen LogP contribution in [-0.2, 0) is 18.4 Å². The molecule has 2 N–H and O–H groups in total. The van der Waals surface area contributed by atoms with Crippen molar-refractivity contribution in [2.45, 2.75) is 32.9 Å². The van der Waals surface area contributed by atoms with Gasteiger partial charge in [0.25, 0.3) is 0 Å². The van der Waals surface area contributed by atoms with E-state index in [0.717, 1.165) is 17.7 Å². The van der Waals surface area contributed by atoms with Crippen LogP contribution >= 0.6 is 0 Å². The van der Waals surface area contributed by atoms with Crippen LogP contribution in [-0.4, -0.2) is 28.6 Å². The molecule has 3 rings (SSSR count). The van der Waals surface area contributed by atoms with Crippen LogP contribution in [0.4, 0.5) is 5.69 Å². The first-order chi connectivity index (χ1) is 14.0. The summed E-state index contributed by atoms with van der Waals surface area (Å²) in [6, 6.07) is 9.22. The van der Waals surface area contributed by atoms with Crippen LogP contribution in [0.5, 0.6) is 5.75 Å². The van der Waals surface area contributed by atoms with E-state index in [2.05, 4.69) is 29.5 Å². The number of hydrogen-bond donors (Lipinski definition) is 2. The Balaban J connectivity index is 1.72. The number of hydrogen-bond acceptors (Lipinski definition) is 5. The van der Waals surface area contributed by atoms with Gasteiger partial charge in [0.1, 0.15) is 5.75 Å². The molecule has 7 nitrogen and oxygen atoms in total. The average Bonchev–Trinajstić information content (AvgIpc) is 3.36. The number of carbonyl (C=O) groups excluding carboxylic acids is 1. The maximum atomic E-state index is 13.0. The van der Waals surface area contributed by atoms with Gasteiger partial charge in [0.05, 0.1) is 24.9 Å². The normalized spacial score (nSPS) is 12.2. The molecule has 2 heterocycles. The maximum Gasteiger partial charge on any atom is 0.241 e. The van der Waals surface area contributed by atoms with Crippen molar-refractivity contribution < 1.29 is 13.9 Å². The lowest BCUT2D eigenvalue weighted by Crippen LogP contribution is -2.41. The van der Waals surface area contributed by atoms with Gasteiger partial charge in [0, 0.05) is 37.2 Å². The van der Waals surface area contributed by atoms with Crippen molar-refractivity contribution in [1.82, 2.24) is 14.9 Å². The monoisotopic (exact) mass is 396 g/mol. The molecule has 0 spiro atoms. The Bertz CT molecular complexity index is 931. The molecule has 1 atom stereocenters. The van der Waals surface area contributed by atoms with Gasteiger partial charge in [0.2, 0.25) is 5.91 Å². The van der Waals surface area contributed by atoms with Crippen molar-refractivity contribution in [3.63, 3.8) is 0 Å². The Hall–Kier alpha value is -3.06. The molecule has 0 bridgehead atoms. The quantitative estimate of drug-likeness (QED) is 0.574. The van der Waals surface area contributed by atoms with Crippen LogP contribution < -0.4 is 15.4 Å². The summed E-state index contributed by atoms with van der Waals surface area (Å²) in [6.45, 7) is 4.85. The smallest absolute Gasteiger partial charge is 0.241 e. The lowest BCUT2D eigenvalue weighted by molar-refractivity contribution is -0.118. The van der Waals surface area contributed by atoms with Crippen molar-refractivity contribution in [3.05, 3.63) is 54.8 Å². The third kappa shape index (κ3) is 5.26. The number of amides is 1. The van der Waals surface area contributed by atoms with Crippen molar-refractivity contribution in [3.8, 4) is 17.1 Å². The highest BCUT2D eigenvalue weighted by Crippen LogP contribution is 2.32. The molecule has 154 valence electrons. The minimum Gasteiger partial charge on any atom is -0.496 e. The Kier molecular flexibility index (Phi) is 6.72. The predicted octanol–water partition coefficient (Wildman–Crippen LogP) is 3.83. The first kappa shape index (κ1) is 20.7. The number of aryl methyl sites for hydroxylation is 1. The first-order valence-electron chi connectivity index (χ1n) is 9.69. The molecule has 29 heavy (non-hydrogen) atoms. The fraction of sp³-hybridized carbons (Fsp3) is 0.364. The lowest BCUT2D eigenvalue weighted by Gasteiger charge is -2.21. The summed E-state index contributed by atoms with van der Waals surface area (Å²) in [6.07, 6.45) is 5.74. The summed E-state index contributed by atoms with van der Waals surface area (Å²) in [5, 5.41) is 6.39. The molecule has 0 aliphatic heterocycles. The number of oxazole rings is 1. The van der Waals surface area contributed by atoms with Crippen LogP contribution in [0.1, 0.15) is 26.0 Å². The molecule has 1 aromatic carbocycles. The Labute approximate surface area is 171 Å². The number of nitrogens with zero attached hydrogens (tertiary/aromatic N) is 2. The van der Waals surface area contributed by atoms with Gasteiger partial charge in [-0.25, -0.2) is 4.98 Å². The number of aromatic nitrogens is 2. The number of methoxy groups -OCH3 is 1. The Morgan fingerprint density at radius 3 is 2.76 bits per heavy atom. The topological polar surface area (TPSA) is 81.3 Å². The summed E-state index contributed by atoms with van der Waals surface area (Å²) in [5.41, 5.74) is 2.58. The summed E-state index contributed by atoms with van der Waals surface area (Å²) >= 11 is 0. The molecule has 0 radical (unpaired) electrons. The number of ether oxygens (including phenoxy) is 1. The van der Waals surface area contributed by atoms with E-state index in [1.807, 2.05) is 42.1 Å². The van der Waals surface area contributed by atoms with Gasteiger partial charge in [-0.1, -0.05) is 13.8 Å².